The molecule has 6 nitrogen and oxygen atoms in total. The Kier molecular flexibility index (Phi) is 6.45. The average molecular weight is 440 g/mol. The second-order valence-corrected chi connectivity index (χ2v) is 7.68. The van der Waals surface area contributed by atoms with E-state index >= 15 is 0 Å². The van der Waals surface area contributed by atoms with E-state index in [1.807, 2.05) is 0 Å². The van der Waals surface area contributed by atoms with Gasteiger partial charge in [0.1, 0.15) is 0 Å². The molecule has 2 amide bonds. The summed E-state index contributed by atoms with van der Waals surface area (Å²) in [5.41, 5.74) is -0.0424. The lowest BCUT2D eigenvalue weighted by molar-refractivity contribution is -0.137. The normalized spacial score (nSPS) is 15.8. The van der Waals surface area contributed by atoms with Crippen LogP contribution in [0.3, 0.4) is 0 Å². The summed E-state index contributed by atoms with van der Waals surface area (Å²) in [5, 5.41) is 4.44. The van der Waals surface area contributed by atoms with Gasteiger partial charge in [0.15, 0.2) is 11.5 Å². The van der Waals surface area contributed by atoms with Crippen LogP contribution in [-0.4, -0.2) is 31.3 Å². The highest BCUT2D eigenvalue weighted by Crippen LogP contribution is 2.40. The largest absolute Gasteiger partial charge is 0.493 e. The number of thioether (sulfide) groups is 1. The van der Waals surface area contributed by atoms with Crippen molar-refractivity contribution in [2.75, 3.05) is 19.5 Å². The van der Waals surface area contributed by atoms with Crippen molar-refractivity contribution in [3.05, 3.63) is 47.5 Å². The number of hydrogen-bond donors (Lipinski definition) is 2. The topological polar surface area (TPSA) is 76.7 Å². The third kappa shape index (κ3) is 4.81. The molecule has 0 bridgehead atoms. The molecule has 0 fully saturated rings. The van der Waals surface area contributed by atoms with Gasteiger partial charge in [-0.3, -0.25) is 9.59 Å². The summed E-state index contributed by atoms with van der Waals surface area (Å²) < 4.78 is 49.1. The molecule has 2 N–H and O–H groups in total. The van der Waals surface area contributed by atoms with Gasteiger partial charge >= 0.3 is 6.18 Å². The lowest BCUT2D eigenvalue weighted by Gasteiger charge is -2.24. The lowest BCUT2D eigenvalue weighted by atomic mass is 10.1. The fourth-order valence-corrected chi connectivity index (χ4v) is 4.08. The van der Waals surface area contributed by atoms with E-state index in [-0.39, 0.29) is 24.6 Å². The van der Waals surface area contributed by atoms with E-state index in [2.05, 4.69) is 10.6 Å². The number of halogens is 3. The van der Waals surface area contributed by atoms with Gasteiger partial charge in [0.2, 0.25) is 11.8 Å². The van der Waals surface area contributed by atoms with Crippen molar-refractivity contribution < 1.29 is 32.2 Å². The minimum Gasteiger partial charge on any atom is -0.493 e. The molecular formula is C20H19F3N2O4S. The smallest absolute Gasteiger partial charge is 0.416 e. The summed E-state index contributed by atoms with van der Waals surface area (Å²) in [5.74, 6) is 0.143. The zero-order valence-corrected chi connectivity index (χ0v) is 16.9. The summed E-state index contributed by atoms with van der Waals surface area (Å²) in [7, 11) is 3.00. The fraction of sp³-hybridized carbons (Fsp3) is 0.300. The van der Waals surface area contributed by atoms with Crippen molar-refractivity contribution in [3.63, 3.8) is 0 Å². The molecule has 30 heavy (non-hydrogen) atoms. The number of ether oxygens (including phenoxy) is 2. The van der Waals surface area contributed by atoms with Crippen LogP contribution in [0, 0.1) is 0 Å². The van der Waals surface area contributed by atoms with Crippen LogP contribution in [0.4, 0.5) is 18.9 Å². The zero-order chi connectivity index (χ0) is 21.9. The summed E-state index contributed by atoms with van der Waals surface area (Å²) in [6, 6.07) is 8.42. The number of carbonyl (C=O) groups excluding carboxylic acids is 2. The molecule has 2 aromatic rings. The number of fused-ring (bicyclic) bond motifs is 1. The molecule has 10 heteroatoms. The molecule has 1 unspecified atom stereocenters. The zero-order valence-electron chi connectivity index (χ0n) is 16.1. The van der Waals surface area contributed by atoms with E-state index in [0.29, 0.717) is 22.0 Å². The van der Waals surface area contributed by atoms with Crippen molar-refractivity contribution in [2.24, 2.45) is 0 Å². The molecule has 160 valence electrons. The van der Waals surface area contributed by atoms with Crippen molar-refractivity contribution in [1.82, 2.24) is 5.32 Å². The molecular weight excluding hydrogens is 421 g/mol. The summed E-state index contributed by atoms with van der Waals surface area (Å²) in [6.07, 6.45) is -4.62. The number of methoxy groups -OCH3 is 2. The Morgan fingerprint density at radius 3 is 2.63 bits per heavy atom. The maximum absolute atomic E-state index is 12.8. The van der Waals surface area contributed by atoms with Crippen LogP contribution in [-0.2, 0) is 22.3 Å². The van der Waals surface area contributed by atoms with Crippen molar-refractivity contribution in [1.29, 1.82) is 0 Å². The van der Waals surface area contributed by atoms with Gasteiger partial charge in [0.25, 0.3) is 0 Å². The van der Waals surface area contributed by atoms with E-state index in [4.69, 9.17) is 9.47 Å². The Balaban J connectivity index is 1.64. The van der Waals surface area contributed by atoms with Crippen LogP contribution >= 0.6 is 11.8 Å². The molecule has 1 atom stereocenters. The van der Waals surface area contributed by atoms with Crippen LogP contribution in [0.1, 0.15) is 17.5 Å². The standard InChI is InChI=1S/C20H19F3N2O4S/c1-28-14-5-3-4-11(18(14)29-2)10-24-17(26)9-16-19(27)25-13-8-12(20(21,22)23)6-7-15(13)30-16/h3-8,16H,9-10H2,1-2H3,(H,24,26)(H,25,27). The summed E-state index contributed by atoms with van der Waals surface area (Å²) >= 11 is 1.06. The first-order valence-corrected chi connectivity index (χ1v) is 9.76. The number of amides is 2. The molecule has 3 rings (SSSR count). The van der Waals surface area contributed by atoms with Gasteiger partial charge in [-0.25, -0.2) is 0 Å². The second kappa shape index (κ2) is 8.86. The van der Waals surface area contributed by atoms with Gasteiger partial charge in [-0.2, -0.15) is 13.2 Å². The van der Waals surface area contributed by atoms with Crippen LogP contribution < -0.4 is 20.1 Å². The monoisotopic (exact) mass is 440 g/mol. The third-order valence-electron chi connectivity index (χ3n) is 4.46. The Morgan fingerprint density at radius 1 is 1.20 bits per heavy atom. The molecule has 1 heterocycles. The molecule has 0 saturated carbocycles. The average Bonchev–Trinajstić information content (AvgIpc) is 2.71. The SMILES string of the molecule is COc1cccc(CNC(=O)CC2Sc3ccc(C(F)(F)F)cc3NC2=O)c1OC. The van der Waals surface area contributed by atoms with Crippen LogP contribution in [0.25, 0.3) is 0 Å². The van der Waals surface area contributed by atoms with Gasteiger partial charge in [-0.1, -0.05) is 12.1 Å². The molecule has 1 aliphatic rings. The van der Waals surface area contributed by atoms with Gasteiger partial charge in [0, 0.05) is 23.4 Å². The Hall–Kier alpha value is -2.88. The van der Waals surface area contributed by atoms with Gasteiger partial charge in [-0.15, -0.1) is 11.8 Å². The number of rotatable bonds is 6. The maximum atomic E-state index is 12.8. The highest BCUT2D eigenvalue weighted by molar-refractivity contribution is 8.01. The van der Waals surface area contributed by atoms with Crippen LogP contribution in [0.15, 0.2) is 41.3 Å². The Bertz CT molecular complexity index is 966. The highest BCUT2D eigenvalue weighted by atomic mass is 32.2. The molecule has 0 aromatic heterocycles. The van der Waals surface area contributed by atoms with Crippen LogP contribution in [0.2, 0.25) is 0 Å². The maximum Gasteiger partial charge on any atom is 0.416 e. The number of anilines is 1. The lowest BCUT2D eigenvalue weighted by Crippen LogP contribution is -2.34. The Morgan fingerprint density at radius 2 is 1.97 bits per heavy atom. The van der Waals surface area contributed by atoms with E-state index in [1.54, 1.807) is 18.2 Å². The second-order valence-electron chi connectivity index (χ2n) is 6.44. The van der Waals surface area contributed by atoms with Gasteiger partial charge in [-0.05, 0) is 24.3 Å². The molecule has 1 aliphatic heterocycles. The van der Waals surface area contributed by atoms with E-state index < -0.39 is 22.9 Å². The first-order valence-electron chi connectivity index (χ1n) is 8.88. The van der Waals surface area contributed by atoms with Crippen molar-refractivity contribution in [3.8, 4) is 11.5 Å². The van der Waals surface area contributed by atoms with Crippen molar-refractivity contribution in [2.45, 2.75) is 29.3 Å². The molecule has 2 aromatic carbocycles. The number of para-hydroxylation sites is 1. The van der Waals surface area contributed by atoms with E-state index in [1.165, 1.54) is 20.3 Å². The van der Waals surface area contributed by atoms with E-state index in [9.17, 15) is 22.8 Å². The number of hydrogen-bond acceptors (Lipinski definition) is 5. The number of alkyl halides is 3. The Labute approximate surface area is 175 Å². The quantitative estimate of drug-likeness (QED) is 0.714. The predicted octanol–water partition coefficient (Wildman–Crippen LogP) is 3.84. The molecule has 0 aliphatic carbocycles. The fourth-order valence-electron chi connectivity index (χ4n) is 2.99. The summed E-state index contributed by atoms with van der Waals surface area (Å²) in [4.78, 5) is 25.1. The molecule has 0 spiro atoms. The number of carbonyl (C=O) groups is 2. The van der Waals surface area contributed by atoms with Crippen LogP contribution in [0.5, 0.6) is 11.5 Å². The van der Waals surface area contributed by atoms with Gasteiger partial charge in [0.05, 0.1) is 30.7 Å². The van der Waals surface area contributed by atoms with E-state index in [0.717, 1.165) is 23.9 Å². The minimum absolute atomic E-state index is 0.0950. The highest BCUT2D eigenvalue weighted by Gasteiger charge is 2.34. The molecule has 0 saturated heterocycles. The number of benzene rings is 2. The number of nitrogens with one attached hydrogen (secondary N) is 2. The van der Waals surface area contributed by atoms with Crippen molar-refractivity contribution >= 4 is 29.3 Å². The molecule has 0 radical (unpaired) electrons. The van der Waals surface area contributed by atoms with Gasteiger partial charge < -0.3 is 20.1 Å². The summed E-state index contributed by atoms with van der Waals surface area (Å²) in [6.45, 7) is 0.170. The minimum atomic E-state index is -4.50. The predicted molar refractivity (Wildman–Crippen MR) is 106 cm³/mol. The first kappa shape index (κ1) is 21.8. The first-order chi connectivity index (χ1) is 14.2. The third-order valence-corrected chi connectivity index (χ3v) is 5.73.